The molecule has 1 rings (SSSR count). The Bertz CT molecular complexity index is 439. The molecule has 0 radical (unpaired) electrons. The normalized spacial score (nSPS) is 10.0. The highest BCUT2D eigenvalue weighted by Crippen LogP contribution is 2.26. The summed E-state index contributed by atoms with van der Waals surface area (Å²) in [4.78, 5) is 27.2. The first kappa shape index (κ1) is 13.7. The summed E-state index contributed by atoms with van der Waals surface area (Å²) >= 11 is 8.97. The molecule has 0 atom stereocenters. The minimum atomic E-state index is -0.588. The Hall–Kier alpha value is -1.34. The fourth-order valence-corrected chi connectivity index (χ4v) is 2.11. The summed E-state index contributed by atoms with van der Waals surface area (Å²) in [5.74, 6) is -0.795. The first-order valence-electron chi connectivity index (χ1n) is 4.52. The highest BCUT2D eigenvalue weighted by Gasteiger charge is 2.16. The molecule has 4 N–H and O–H groups in total. The highest BCUT2D eigenvalue weighted by atomic mass is 79.9. The predicted octanol–water partition coefficient (Wildman–Crippen LogP) is 0.275. The first-order chi connectivity index (χ1) is 7.90. The van der Waals surface area contributed by atoms with Gasteiger partial charge in [-0.05, 0) is 22.0 Å². The molecule has 0 fully saturated rings. The summed E-state index contributed by atoms with van der Waals surface area (Å²) in [5, 5.41) is 0.429. The number of aromatic nitrogens is 1. The van der Waals surface area contributed by atoms with Crippen molar-refractivity contribution in [3.63, 3.8) is 0 Å². The van der Waals surface area contributed by atoms with Gasteiger partial charge in [0.15, 0.2) is 0 Å². The monoisotopic (exact) mass is 320 g/mol. The van der Waals surface area contributed by atoms with E-state index in [0.29, 0.717) is 15.3 Å². The smallest absolute Gasteiger partial charge is 0.237 e. The third-order valence-corrected chi connectivity index (χ3v) is 2.57. The van der Waals surface area contributed by atoms with Crippen LogP contribution in [0.5, 0.6) is 0 Å². The summed E-state index contributed by atoms with van der Waals surface area (Å²) in [5.41, 5.74) is 10.2. The molecule has 17 heavy (non-hydrogen) atoms. The first-order valence-corrected chi connectivity index (χ1v) is 5.70. The summed E-state index contributed by atoms with van der Waals surface area (Å²) in [7, 11) is 0. The van der Waals surface area contributed by atoms with Crippen LogP contribution in [0.2, 0.25) is 5.02 Å². The van der Waals surface area contributed by atoms with Crippen molar-refractivity contribution in [2.75, 3.05) is 18.0 Å². The predicted molar refractivity (Wildman–Crippen MR) is 67.5 cm³/mol. The Morgan fingerprint density at radius 3 is 2.29 bits per heavy atom. The Morgan fingerprint density at radius 1 is 1.35 bits per heavy atom. The zero-order valence-corrected chi connectivity index (χ0v) is 11.0. The molecule has 1 heterocycles. The minimum absolute atomic E-state index is 0.157. The minimum Gasteiger partial charge on any atom is -0.368 e. The number of halogens is 2. The maximum atomic E-state index is 10.9. The zero-order valence-electron chi connectivity index (χ0n) is 8.69. The van der Waals surface area contributed by atoms with Crippen molar-refractivity contribution in [3.8, 4) is 0 Å². The number of carbonyl (C=O) groups excluding carboxylic acids is 2. The van der Waals surface area contributed by atoms with Crippen molar-refractivity contribution in [2.45, 2.75) is 0 Å². The lowest BCUT2D eigenvalue weighted by Gasteiger charge is -2.21. The summed E-state index contributed by atoms with van der Waals surface area (Å²) < 4.78 is 0.549. The van der Waals surface area contributed by atoms with Gasteiger partial charge in [0.1, 0.15) is 5.82 Å². The molecule has 2 amide bonds. The number of hydrogen-bond acceptors (Lipinski definition) is 4. The molecule has 0 bridgehead atoms. The molecule has 0 saturated heterocycles. The van der Waals surface area contributed by atoms with Gasteiger partial charge in [-0.3, -0.25) is 9.59 Å². The SMILES string of the molecule is NC(=O)CN(CC(N)=O)c1ncc(Cl)cc1Br. The van der Waals surface area contributed by atoms with Gasteiger partial charge in [0.2, 0.25) is 11.8 Å². The third kappa shape index (κ3) is 4.20. The maximum absolute atomic E-state index is 10.9. The average molecular weight is 322 g/mol. The average Bonchev–Trinajstić information content (AvgIpc) is 2.14. The van der Waals surface area contributed by atoms with E-state index in [0.717, 1.165) is 0 Å². The lowest BCUT2D eigenvalue weighted by atomic mass is 10.4. The van der Waals surface area contributed by atoms with Crippen LogP contribution in [-0.2, 0) is 9.59 Å². The molecule has 1 aromatic heterocycles. The molecule has 0 aromatic carbocycles. The maximum Gasteiger partial charge on any atom is 0.237 e. The van der Waals surface area contributed by atoms with Crippen molar-refractivity contribution in [1.29, 1.82) is 0 Å². The van der Waals surface area contributed by atoms with Gasteiger partial charge in [-0.25, -0.2) is 4.98 Å². The van der Waals surface area contributed by atoms with E-state index < -0.39 is 11.8 Å². The van der Waals surface area contributed by atoms with E-state index in [1.807, 2.05) is 0 Å². The van der Waals surface area contributed by atoms with Crippen molar-refractivity contribution in [1.82, 2.24) is 4.98 Å². The van der Waals surface area contributed by atoms with Crippen LogP contribution in [0.1, 0.15) is 0 Å². The number of carbonyl (C=O) groups is 2. The standard InChI is InChI=1S/C9H10BrClN4O2/c10-6-1-5(11)2-14-9(6)15(3-7(12)16)4-8(13)17/h1-2H,3-4H2,(H2,12,16)(H2,13,17). The number of nitrogens with two attached hydrogens (primary N) is 2. The van der Waals surface area contributed by atoms with Gasteiger partial charge in [-0.15, -0.1) is 0 Å². The second-order valence-corrected chi connectivity index (χ2v) is 4.54. The summed E-state index contributed by atoms with van der Waals surface area (Å²) in [6.45, 7) is -0.313. The van der Waals surface area contributed by atoms with E-state index in [-0.39, 0.29) is 13.1 Å². The van der Waals surface area contributed by atoms with Gasteiger partial charge < -0.3 is 16.4 Å². The third-order valence-electron chi connectivity index (χ3n) is 1.78. The van der Waals surface area contributed by atoms with Crippen LogP contribution >= 0.6 is 27.5 Å². The number of anilines is 1. The number of pyridine rings is 1. The van der Waals surface area contributed by atoms with Crippen molar-refractivity contribution < 1.29 is 9.59 Å². The topological polar surface area (TPSA) is 102 Å². The van der Waals surface area contributed by atoms with Gasteiger partial charge >= 0.3 is 0 Å². The van der Waals surface area contributed by atoms with E-state index in [9.17, 15) is 9.59 Å². The Labute approximate surface area is 111 Å². The molecule has 92 valence electrons. The molecule has 1 aromatic rings. The second-order valence-electron chi connectivity index (χ2n) is 3.25. The van der Waals surface area contributed by atoms with Crippen LogP contribution in [0.15, 0.2) is 16.7 Å². The van der Waals surface area contributed by atoms with Crippen LogP contribution in [0, 0.1) is 0 Å². The molecule has 6 nitrogen and oxygen atoms in total. The van der Waals surface area contributed by atoms with E-state index in [1.54, 1.807) is 6.07 Å². The highest BCUT2D eigenvalue weighted by molar-refractivity contribution is 9.10. The van der Waals surface area contributed by atoms with Gasteiger partial charge in [0.05, 0.1) is 22.6 Å². The van der Waals surface area contributed by atoms with Crippen LogP contribution in [-0.4, -0.2) is 29.9 Å². The molecular weight excluding hydrogens is 311 g/mol. The molecule has 0 unspecified atom stereocenters. The van der Waals surface area contributed by atoms with Crippen LogP contribution < -0.4 is 16.4 Å². The number of rotatable bonds is 5. The van der Waals surface area contributed by atoms with E-state index >= 15 is 0 Å². The van der Waals surface area contributed by atoms with E-state index in [4.69, 9.17) is 23.1 Å². The molecule has 8 heteroatoms. The Kier molecular flexibility index (Phi) is 4.71. The fraction of sp³-hybridized carbons (Fsp3) is 0.222. The van der Waals surface area contributed by atoms with Gasteiger partial charge in [0.25, 0.3) is 0 Å². The van der Waals surface area contributed by atoms with Crippen LogP contribution in [0.25, 0.3) is 0 Å². The quantitative estimate of drug-likeness (QED) is 0.812. The van der Waals surface area contributed by atoms with Crippen LogP contribution in [0.3, 0.4) is 0 Å². The number of nitrogens with zero attached hydrogens (tertiary/aromatic N) is 2. The summed E-state index contributed by atoms with van der Waals surface area (Å²) in [6, 6.07) is 1.60. The molecule has 0 spiro atoms. The molecule has 0 aliphatic carbocycles. The second kappa shape index (κ2) is 5.83. The fourth-order valence-electron chi connectivity index (χ4n) is 1.22. The summed E-state index contributed by atoms with van der Waals surface area (Å²) in [6.07, 6.45) is 1.40. The van der Waals surface area contributed by atoms with E-state index in [2.05, 4.69) is 20.9 Å². The van der Waals surface area contributed by atoms with Crippen molar-refractivity contribution in [3.05, 3.63) is 21.8 Å². The zero-order chi connectivity index (χ0) is 13.0. The number of amides is 2. The van der Waals surface area contributed by atoms with Gasteiger partial charge in [-0.2, -0.15) is 0 Å². The number of hydrogen-bond donors (Lipinski definition) is 2. The lowest BCUT2D eigenvalue weighted by Crippen LogP contribution is -2.40. The number of primary amides is 2. The van der Waals surface area contributed by atoms with Crippen LogP contribution in [0.4, 0.5) is 5.82 Å². The molecular formula is C9H10BrClN4O2. The largest absolute Gasteiger partial charge is 0.368 e. The van der Waals surface area contributed by atoms with Gasteiger partial charge in [-0.1, -0.05) is 11.6 Å². The molecule has 0 aliphatic rings. The molecule has 0 aliphatic heterocycles. The van der Waals surface area contributed by atoms with Crippen molar-refractivity contribution in [2.24, 2.45) is 11.5 Å². The van der Waals surface area contributed by atoms with Gasteiger partial charge in [0, 0.05) is 6.20 Å². The lowest BCUT2D eigenvalue weighted by molar-refractivity contribution is -0.117. The van der Waals surface area contributed by atoms with E-state index in [1.165, 1.54) is 11.1 Å². The van der Waals surface area contributed by atoms with Crippen molar-refractivity contribution >= 4 is 45.2 Å². The Morgan fingerprint density at radius 2 is 1.88 bits per heavy atom. The Balaban J connectivity index is 3.02. The molecule has 0 saturated carbocycles.